The molecule has 0 atom stereocenters. The number of nitrogens with two attached hydrogens (primary N) is 1. The zero-order valence-electron chi connectivity index (χ0n) is 8.66. The van der Waals surface area contributed by atoms with E-state index >= 15 is 0 Å². The van der Waals surface area contributed by atoms with Crippen molar-refractivity contribution in [2.45, 2.75) is 32.6 Å². The highest BCUT2D eigenvalue weighted by molar-refractivity contribution is 5.73. The van der Waals surface area contributed by atoms with Gasteiger partial charge in [0, 0.05) is 18.8 Å². The van der Waals surface area contributed by atoms with E-state index in [9.17, 15) is 4.79 Å². The van der Waals surface area contributed by atoms with Crippen molar-refractivity contribution in [1.82, 2.24) is 4.98 Å². The van der Waals surface area contributed by atoms with Crippen LogP contribution in [0.4, 0.5) is 0 Å². The van der Waals surface area contributed by atoms with Crippen molar-refractivity contribution in [1.29, 1.82) is 0 Å². The van der Waals surface area contributed by atoms with Gasteiger partial charge in [0.25, 0.3) is 0 Å². The van der Waals surface area contributed by atoms with Crippen LogP contribution in [-0.2, 0) is 11.2 Å². The minimum absolute atomic E-state index is 0.264. The summed E-state index contributed by atoms with van der Waals surface area (Å²) in [7, 11) is 0. The molecule has 0 saturated heterocycles. The number of pyridine rings is 1. The van der Waals surface area contributed by atoms with Gasteiger partial charge in [-0.25, -0.2) is 0 Å². The highest BCUT2D eigenvalue weighted by Crippen LogP contribution is 2.14. The summed E-state index contributed by atoms with van der Waals surface area (Å²) in [5.41, 5.74) is 7.36. The second-order valence-corrected chi connectivity index (χ2v) is 3.75. The highest BCUT2D eigenvalue weighted by Gasteiger charge is 2.02. The summed E-state index contributed by atoms with van der Waals surface area (Å²) in [4.78, 5) is 14.7. The van der Waals surface area contributed by atoms with Crippen LogP contribution in [0.3, 0.4) is 0 Å². The summed E-state index contributed by atoms with van der Waals surface area (Å²) in [6, 6.07) is 2.08. The predicted octanol–water partition coefficient (Wildman–Crippen LogP) is 1.62. The number of hydrogen-bond donors (Lipinski definition) is 1. The van der Waals surface area contributed by atoms with E-state index < -0.39 is 0 Å². The average molecular weight is 192 g/mol. The molecule has 0 saturated carbocycles. The number of rotatable bonds is 4. The molecule has 1 heterocycles. The molecular formula is C11H16N2O. The highest BCUT2D eigenvalue weighted by atomic mass is 16.1. The van der Waals surface area contributed by atoms with E-state index in [4.69, 9.17) is 5.73 Å². The van der Waals surface area contributed by atoms with Crippen LogP contribution in [-0.4, -0.2) is 10.9 Å². The predicted molar refractivity (Wildman–Crippen MR) is 55.8 cm³/mol. The smallest absolute Gasteiger partial charge is 0.217 e. The molecule has 0 bridgehead atoms. The van der Waals surface area contributed by atoms with Gasteiger partial charge in [0.1, 0.15) is 0 Å². The Kier molecular flexibility index (Phi) is 3.63. The van der Waals surface area contributed by atoms with Crippen LogP contribution in [0.1, 0.15) is 37.3 Å². The number of primary amides is 1. The van der Waals surface area contributed by atoms with E-state index in [1.807, 2.05) is 6.20 Å². The number of aryl methyl sites for hydroxylation is 1. The molecule has 2 N–H and O–H groups in total. The molecule has 1 amide bonds. The van der Waals surface area contributed by atoms with Gasteiger partial charge in [-0.3, -0.25) is 9.78 Å². The van der Waals surface area contributed by atoms with Crippen LogP contribution < -0.4 is 5.73 Å². The van der Waals surface area contributed by atoms with Crippen LogP contribution in [0.15, 0.2) is 18.5 Å². The lowest BCUT2D eigenvalue weighted by atomic mass is 10.0. The molecule has 1 rings (SSSR count). The van der Waals surface area contributed by atoms with Crippen LogP contribution in [0, 0.1) is 0 Å². The lowest BCUT2D eigenvalue weighted by molar-refractivity contribution is -0.117. The van der Waals surface area contributed by atoms with Gasteiger partial charge in [-0.2, -0.15) is 0 Å². The third-order valence-corrected chi connectivity index (χ3v) is 2.14. The lowest BCUT2D eigenvalue weighted by Gasteiger charge is -2.06. The van der Waals surface area contributed by atoms with E-state index in [0.717, 1.165) is 5.56 Å². The first-order valence-corrected chi connectivity index (χ1v) is 4.81. The van der Waals surface area contributed by atoms with E-state index in [1.165, 1.54) is 5.56 Å². The topological polar surface area (TPSA) is 56.0 Å². The first-order valence-electron chi connectivity index (χ1n) is 4.81. The zero-order valence-corrected chi connectivity index (χ0v) is 8.66. The Morgan fingerprint density at radius 1 is 1.50 bits per heavy atom. The fraction of sp³-hybridized carbons (Fsp3) is 0.455. The van der Waals surface area contributed by atoms with Crippen LogP contribution in [0.25, 0.3) is 0 Å². The van der Waals surface area contributed by atoms with E-state index in [1.54, 1.807) is 6.20 Å². The fourth-order valence-electron chi connectivity index (χ4n) is 1.23. The standard InChI is InChI=1S/C11H16N2O/c1-8(2)10-5-9(6-13-7-10)3-4-11(12)14/h5-8H,3-4H2,1-2H3,(H2,12,14). The Morgan fingerprint density at radius 3 is 2.79 bits per heavy atom. The first-order chi connectivity index (χ1) is 6.59. The zero-order chi connectivity index (χ0) is 10.6. The monoisotopic (exact) mass is 192 g/mol. The van der Waals surface area contributed by atoms with E-state index in [2.05, 4.69) is 24.9 Å². The van der Waals surface area contributed by atoms with Crippen molar-refractivity contribution in [2.24, 2.45) is 5.73 Å². The molecule has 1 aromatic heterocycles. The largest absolute Gasteiger partial charge is 0.370 e. The van der Waals surface area contributed by atoms with Crippen LogP contribution in [0.5, 0.6) is 0 Å². The summed E-state index contributed by atoms with van der Waals surface area (Å²) < 4.78 is 0. The number of aromatic nitrogens is 1. The number of carbonyl (C=O) groups is 1. The molecule has 0 aliphatic carbocycles. The molecule has 0 spiro atoms. The van der Waals surface area contributed by atoms with Gasteiger partial charge in [-0.05, 0) is 23.5 Å². The van der Waals surface area contributed by atoms with Gasteiger partial charge < -0.3 is 5.73 Å². The Balaban J connectivity index is 2.68. The molecule has 14 heavy (non-hydrogen) atoms. The number of nitrogens with zero attached hydrogens (tertiary/aromatic N) is 1. The molecule has 0 fully saturated rings. The van der Waals surface area contributed by atoms with Gasteiger partial charge >= 0.3 is 0 Å². The molecule has 1 aromatic rings. The third-order valence-electron chi connectivity index (χ3n) is 2.14. The van der Waals surface area contributed by atoms with Crippen molar-refractivity contribution in [3.63, 3.8) is 0 Å². The molecular weight excluding hydrogens is 176 g/mol. The van der Waals surface area contributed by atoms with Crippen molar-refractivity contribution in [3.05, 3.63) is 29.6 Å². The molecule has 0 aliphatic heterocycles. The van der Waals surface area contributed by atoms with Crippen LogP contribution >= 0.6 is 0 Å². The van der Waals surface area contributed by atoms with Crippen molar-refractivity contribution in [3.8, 4) is 0 Å². The Hall–Kier alpha value is -1.38. The second-order valence-electron chi connectivity index (χ2n) is 3.75. The van der Waals surface area contributed by atoms with E-state index in [0.29, 0.717) is 18.8 Å². The first kappa shape index (κ1) is 10.7. The third kappa shape index (κ3) is 3.17. The maximum absolute atomic E-state index is 10.6. The Labute approximate surface area is 84.3 Å². The number of carbonyl (C=O) groups excluding carboxylic acids is 1. The molecule has 76 valence electrons. The summed E-state index contributed by atoms with van der Waals surface area (Å²) in [6.45, 7) is 4.24. The normalized spacial score (nSPS) is 10.5. The molecule has 0 aliphatic rings. The van der Waals surface area contributed by atoms with Gasteiger partial charge in [-0.15, -0.1) is 0 Å². The summed E-state index contributed by atoms with van der Waals surface area (Å²) in [5, 5.41) is 0. The maximum atomic E-state index is 10.6. The van der Waals surface area contributed by atoms with Gasteiger partial charge in [0.05, 0.1) is 0 Å². The second kappa shape index (κ2) is 4.74. The van der Waals surface area contributed by atoms with Crippen LogP contribution in [0.2, 0.25) is 0 Å². The van der Waals surface area contributed by atoms with Crippen molar-refractivity contribution < 1.29 is 4.79 Å². The molecule has 0 radical (unpaired) electrons. The van der Waals surface area contributed by atoms with Crippen molar-refractivity contribution >= 4 is 5.91 Å². The van der Waals surface area contributed by atoms with Crippen molar-refractivity contribution in [2.75, 3.05) is 0 Å². The fourth-order valence-corrected chi connectivity index (χ4v) is 1.23. The average Bonchev–Trinajstić information content (AvgIpc) is 2.15. The molecule has 3 nitrogen and oxygen atoms in total. The lowest BCUT2D eigenvalue weighted by Crippen LogP contribution is -2.11. The Bertz CT molecular complexity index is 321. The number of hydrogen-bond acceptors (Lipinski definition) is 2. The number of amides is 1. The summed E-state index contributed by atoms with van der Waals surface area (Å²) in [6.07, 6.45) is 4.72. The molecule has 0 unspecified atom stereocenters. The SMILES string of the molecule is CC(C)c1cncc(CCC(N)=O)c1. The quantitative estimate of drug-likeness (QED) is 0.788. The summed E-state index contributed by atoms with van der Waals surface area (Å²) >= 11 is 0. The molecule has 0 aromatic carbocycles. The minimum atomic E-state index is -0.264. The minimum Gasteiger partial charge on any atom is -0.370 e. The Morgan fingerprint density at radius 2 is 2.21 bits per heavy atom. The van der Waals surface area contributed by atoms with Gasteiger partial charge in [0.15, 0.2) is 0 Å². The molecule has 3 heteroatoms. The van der Waals surface area contributed by atoms with Gasteiger partial charge in [0.2, 0.25) is 5.91 Å². The van der Waals surface area contributed by atoms with E-state index in [-0.39, 0.29) is 5.91 Å². The van der Waals surface area contributed by atoms with Gasteiger partial charge in [-0.1, -0.05) is 19.9 Å². The summed E-state index contributed by atoms with van der Waals surface area (Å²) in [5.74, 6) is 0.205. The maximum Gasteiger partial charge on any atom is 0.217 e.